The fourth-order valence-corrected chi connectivity index (χ4v) is 5.52. The maximum Gasteiger partial charge on any atom is 0.271 e. The first-order valence-corrected chi connectivity index (χ1v) is 12.4. The number of ether oxygens (including phenoxy) is 1. The largest absolute Gasteiger partial charge is 0.370 e. The standard InChI is InChI=1S/C26H28N4O3S/c1-4-26(3)12-20-18(14-33-26)11-19-22-23(34-24(19)29-20)25(32)30(15-27-22)13-21(31)28-16(2)10-17-8-6-5-7-9-17/h5-9,11,15-16H,4,10,12-14H2,1-3H3,(H,28,31)/t16-,26-/m0/s1. The molecule has 0 saturated heterocycles. The van der Waals surface area contributed by atoms with Crippen LogP contribution in [0.25, 0.3) is 20.4 Å². The molecule has 1 aliphatic heterocycles. The summed E-state index contributed by atoms with van der Waals surface area (Å²) in [4.78, 5) is 36.0. The van der Waals surface area contributed by atoms with Crippen molar-refractivity contribution >= 4 is 37.7 Å². The second-order valence-corrected chi connectivity index (χ2v) is 10.3. The van der Waals surface area contributed by atoms with Crippen LogP contribution in [0.3, 0.4) is 0 Å². The molecule has 34 heavy (non-hydrogen) atoms. The van der Waals surface area contributed by atoms with E-state index in [2.05, 4.69) is 30.2 Å². The van der Waals surface area contributed by atoms with Crippen molar-refractivity contribution in [3.8, 4) is 0 Å². The van der Waals surface area contributed by atoms with Gasteiger partial charge in [-0.15, -0.1) is 11.3 Å². The van der Waals surface area contributed by atoms with Crippen LogP contribution in [0.4, 0.5) is 0 Å². The Balaban J connectivity index is 1.38. The smallest absolute Gasteiger partial charge is 0.271 e. The fraction of sp³-hybridized carbons (Fsp3) is 0.385. The van der Waals surface area contributed by atoms with Crippen LogP contribution in [0, 0.1) is 0 Å². The van der Waals surface area contributed by atoms with E-state index in [0.29, 0.717) is 16.8 Å². The molecule has 3 aromatic heterocycles. The van der Waals surface area contributed by atoms with E-state index in [1.54, 1.807) is 0 Å². The van der Waals surface area contributed by atoms with Crippen LogP contribution >= 0.6 is 11.3 Å². The van der Waals surface area contributed by atoms with Gasteiger partial charge in [0.2, 0.25) is 5.91 Å². The number of hydrogen-bond acceptors (Lipinski definition) is 6. The zero-order chi connectivity index (χ0) is 23.9. The number of amides is 1. The Hall–Kier alpha value is -3.10. The molecule has 0 fully saturated rings. The molecule has 176 valence electrons. The van der Waals surface area contributed by atoms with Crippen molar-refractivity contribution < 1.29 is 9.53 Å². The second-order valence-electron chi connectivity index (χ2n) is 9.33. The first kappa shape index (κ1) is 22.7. The molecule has 7 nitrogen and oxygen atoms in total. The number of carbonyl (C=O) groups is 1. The van der Waals surface area contributed by atoms with Gasteiger partial charge in [0.05, 0.1) is 29.7 Å². The number of hydrogen-bond donors (Lipinski definition) is 1. The van der Waals surface area contributed by atoms with Crippen LogP contribution < -0.4 is 10.9 Å². The van der Waals surface area contributed by atoms with Crippen molar-refractivity contribution in [3.63, 3.8) is 0 Å². The van der Waals surface area contributed by atoms with Crippen molar-refractivity contribution in [1.82, 2.24) is 19.9 Å². The van der Waals surface area contributed by atoms with Crippen LogP contribution in [-0.4, -0.2) is 32.1 Å². The Morgan fingerprint density at radius 2 is 2.12 bits per heavy atom. The number of fused-ring (bicyclic) bond motifs is 4. The van der Waals surface area contributed by atoms with Gasteiger partial charge in [0.1, 0.15) is 16.1 Å². The lowest BCUT2D eigenvalue weighted by molar-refractivity contribution is -0.122. The molecule has 1 amide bonds. The molecule has 1 N–H and O–H groups in total. The van der Waals surface area contributed by atoms with E-state index in [1.165, 1.54) is 22.2 Å². The lowest BCUT2D eigenvalue weighted by Gasteiger charge is -2.33. The molecule has 1 aliphatic rings. The molecular weight excluding hydrogens is 448 g/mol. The van der Waals surface area contributed by atoms with E-state index in [1.807, 2.05) is 37.3 Å². The Bertz CT molecular complexity index is 1430. The van der Waals surface area contributed by atoms with Gasteiger partial charge in [-0.25, -0.2) is 9.97 Å². The van der Waals surface area contributed by atoms with Crippen LogP contribution in [0.2, 0.25) is 0 Å². The van der Waals surface area contributed by atoms with Crippen LogP contribution in [-0.2, 0) is 35.5 Å². The van der Waals surface area contributed by atoms with Gasteiger partial charge in [-0.05, 0) is 38.3 Å². The van der Waals surface area contributed by atoms with Crippen molar-refractivity contribution in [2.75, 3.05) is 0 Å². The molecule has 0 aliphatic carbocycles. The molecule has 5 rings (SSSR count). The number of rotatable bonds is 6. The molecule has 1 aromatic carbocycles. The summed E-state index contributed by atoms with van der Waals surface area (Å²) < 4.78 is 7.97. The first-order chi connectivity index (χ1) is 16.3. The maximum absolute atomic E-state index is 13.2. The third-order valence-corrected chi connectivity index (χ3v) is 7.65. The van der Waals surface area contributed by atoms with Gasteiger partial charge in [0.15, 0.2) is 0 Å². The third-order valence-electron chi connectivity index (χ3n) is 6.58. The quantitative estimate of drug-likeness (QED) is 0.455. The minimum absolute atomic E-state index is 0.0434. The summed E-state index contributed by atoms with van der Waals surface area (Å²) in [6.45, 7) is 6.63. The van der Waals surface area contributed by atoms with Crippen molar-refractivity contribution in [2.24, 2.45) is 0 Å². The molecule has 2 atom stereocenters. The number of carbonyl (C=O) groups excluding carboxylic acids is 1. The van der Waals surface area contributed by atoms with Crippen molar-refractivity contribution in [3.05, 3.63) is 69.9 Å². The first-order valence-electron chi connectivity index (χ1n) is 11.6. The summed E-state index contributed by atoms with van der Waals surface area (Å²) in [5.41, 5.74) is 3.45. The van der Waals surface area contributed by atoms with Gasteiger partial charge in [-0.3, -0.25) is 14.2 Å². The van der Waals surface area contributed by atoms with E-state index in [0.717, 1.165) is 46.3 Å². The van der Waals surface area contributed by atoms with Gasteiger partial charge in [-0.1, -0.05) is 37.3 Å². The number of nitrogens with zero attached hydrogens (tertiary/aromatic N) is 3. The zero-order valence-electron chi connectivity index (χ0n) is 19.6. The summed E-state index contributed by atoms with van der Waals surface area (Å²) in [5, 5.41) is 3.85. The van der Waals surface area contributed by atoms with Crippen LogP contribution in [0.15, 0.2) is 47.5 Å². The molecular formula is C26H28N4O3S. The normalized spacial score (nSPS) is 18.7. The molecule has 0 bridgehead atoms. The van der Waals surface area contributed by atoms with Crippen molar-refractivity contribution in [2.45, 2.75) is 64.8 Å². The second kappa shape index (κ2) is 8.92. The zero-order valence-corrected chi connectivity index (χ0v) is 20.4. The van der Waals surface area contributed by atoms with E-state index in [-0.39, 0.29) is 29.7 Å². The van der Waals surface area contributed by atoms with Gasteiger partial charge >= 0.3 is 0 Å². The van der Waals surface area contributed by atoms with E-state index < -0.39 is 0 Å². The molecule has 8 heteroatoms. The Kier molecular flexibility index (Phi) is 5.95. The van der Waals surface area contributed by atoms with E-state index >= 15 is 0 Å². The lowest BCUT2D eigenvalue weighted by atomic mass is 9.91. The Morgan fingerprint density at radius 1 is 1.32 bits per heavy atom. The molecule has 0 radical (unpaired) electrons. The molecule has 0 saturated carbocycles. The lowest BCUT2D eigenvalue weighted by Crippen LogP contribution is -2.38. The number of aromatic nitrogens is 3. The topological polar surface area (TPSA) is 86.1 Å². The predicted octanol–water partition coefficient (Wildman–Crippen LogP) is 4.00. The molecule has 4 heterocycles. The highest BCUT2D eigenvalue weighted by atomic mass is 32.1. The summed E-state index contributed by atoms with van der Waals surface area (Å²) in [6, 6.07) is 12.0. The number of benzene rings is 1. The Labute approximate surface area is 201 Å². The Morgan fingerprint density at radius 3 is 2.88 bits per heavy atom. The number of thiophene rings is 1. The number of nitrogens with one attached hydrogen (secondary N) is 1. The average molecular weight is 477 g/mol. The molecule has 0 spiro atoms. The monoisotopic (exact) mass is 476 g/mol. The number of pyridine rings is 1. The van der Waals surface area contributed by atoms with E-state index in [9.17, 15) is 9.59 Å². The van der Waals surface area contributed by atoms with Crippen molar-refractivity contribution in [1.29, 1.82) is 0 Å². The minimum Gasteiger partial charge on any atom is -0.370 e. The van der Waals surface area contributed by atoms with Gasteiger partial charge in [0, 0.05) is 23.4 Å². The SMILES string of the molecule is CC[C@@]1(C)Cc2nc3sc4c(=O)n(CC(=O)N[C@@H](C)Cc5ccccc5)cnc4c3cc2CO1. The average Bonchev–Trinajstić information content (AvgIpc) is 3.18. The minimum atomic E-state index is -0.216. The van der Waals surface area contributed by atoms with Gasteiger partial charge < -0.3 is 10.1 Å². The molecule has 0 unspecified atom stereocenters. The highest BCUT2D eigenvalue weighted by Crippen LogP contribution is 2.35. The fourth-order valence-electron chi connectivity index (χ4n) is 4.44. The predicted molar refractivity (Wildman–Crippen MR) is 134 cm³/mol. The summed E-state index contributed by atoms with van der Waals surface area (Å²) in [7, 11) is 0. The third kappa shape index (κ3) is 4.35. The van der Waals surface area contributed by atoms with Crippen LogP contribution in [0.1, 0.15) is 44.0 Å². The highest BCUT2D eigenvalue weighted by molar-refractivity contribution is 7.25. The van der Waals surface area contributed by atoms with E-state index in [4.69, 9.17) is 9.72 Å². The summed E-state index contributed by atoms with van der Waals surface area (Å²) in [5.74, 6) is -0.211. The summed E-state index contributed by atoms with van der Waals surface area (Å²) in [6.07, 6.45) is 3.85. The van der Waals surface area contributed by atoms with Gasteiger partial charge in [-0.2, -0.15) is 0 Å². The van der Waals surface area contributed by atoms with Gasteiger partial charge in [0.25, 0.3) is 5.56 Å². The summed E-state index contributed by atoms with van der Waals surface area (Å²) >= 11 is 1.35. The highest BCUT2D eigenvalue weighted by Gasteiger charge is 2.31. The van der Waals surface area contributed by atoms with Crippen LogP contribution in [0.5, 0.6) is 0 Å². The maximum atomic E-state index is 13.2. The molecule has 4 aromatic rings.